The van der Waals surface area contributed by atoms with Crippen molar-refractivity contribution in [2.75, 3.05) is 0 Å². The molecule has 0 radical (unpaired) electrons. The first-order valence-corrected chi connectivity index (χ1v) is 12.1. The Labute approximate surface area is 121 Å². The molecule has 0 nitrogen and oxygen atoms in total. The first kappa shape index (κ1) is 13.9. The van der Waals surface area contributed by atoms with E-state index < -0.39 is 0 Å². The van der Waals surface area contributed by atoms with Gasteiger partial charge in [-0.15, -0.1) is 0 Å². The van der Waals surface area contributed by atoms with E-state index in [0.717, 1.165) is 0 Å². The molecule has 2 aromatic rings. The molecule has 0 amide bonds. The molecule has 18 heavy (non-hydrogen) atoms. The predicted molar refractivity (Wildman–Crippen MR) is 82.6 cm³/mol. The average molecular weight is 368 g/mol. The van der Waals surface area contributed by atoms with Crippen molar-refractivity contribution >= 4 is 35.2 Å². The molecule has 0 bridgehead atoms. The quantitative estimate of drug-likeness (QED) is 0.729. The van der Waals surface area contributed by atoms with Crippen LogP contribution in [-0.4, -0.2) is 26.3 Å². The molecule has 0 aliphatic rings. The molecule has 0 aromatic heterocycles. The van der Waals surface area contributed by atoms with Gasteiger partial charge < -0.3 is 0 Å². The third-order valence-electron chi connectivity index (χ3n) is 3.33. The molecule has 0 unspecified atom stereocenters. The van der Waals surface area contributed by atoms with Gasteiger partial charge in [-0.1, -0.05) is 0 Å². The van der Waals surface area contributed by atoms with Crippen molar-refractivity contribution in [1.29, 1.82) is 0 Å². The monoisotopic (exact) mass is 370 g/mol. The zero-order valence-electron chi connectivity index (χ0n) is 11.3. The van der Waals surface area contributed by atoms with Crippen molar-refractivity contribution in [2.24, 2.45) is 0 Å². The van der Waals surface area contributed by atoms with Crippen LogP contribution in [0.3, 0.4) is 0 Å². The first-order valence-electron chi connectivity index (χ1n) is 6.06. The molecular weight excluding hydrogens is 350 g/mol. The fourth-order valence-corrected chi connectivity index (χ4v) is 9.75. The van der Waals surface area contributed by atoms with Gasteiger partial charge in [0.15, 0.2) is 0 Å². The Balaban J connectivity index is 2.17. The van der Waals surface area contributed by atoms with Crippen LogP contribution in [0, 0.1) is 27.7 Å². The van der Waals surface area contributed by atoms with Crippen LogP contribution in [0.4, 0.5) is 0 Å². The van der Waals surface area contributed by atoms with Gasteiger partial charge in [-0.05, 0) is 0 Å². The van der Waals surface area contributed by atoms with E-state index in [4.69, 9.17) is 0 Å². The summed E-state index contributed by atoms with van der Waals surface area (Å²) >= 11 is 1.20. The summed E-state index contributed by atoms with van der Waals surface area (Å²) in [5, 5.41) is 0. The van der Waals surface area contributed by atoms with Gasteiger partial charge in [0.25, 0.3) is 0 Å². The van der Waals surface area contributed by atoms with E-state index in [9.17, 15) is 0 Å². The molecule has 2 heteroatoms. The third kappa shape index (κ3) is 3.08. The Hall–Kier alpha value is -0.521. The molecule has 0 saturated carbocycles. The minimum absolute atomic E-state index is 0.599. The summed E-state index contributed by atoms with van der Waals surface area (Å²) in [6.45, 7) is 8.93. The first-order chi connectivity index (χ1) is 8.59. The van der Waals surface area contributed by atoms with Crippen LogP contribution in [0.1, 0.15) is 22.3 Å². The van der Waals surface area contributed by atoms with Crippen molar-refractivity contribution in [1.82, 2.24) is 0 Å². The summed E-state index contributed by atoms with van der Waals surface area (Å²) in [4.78, 5) is 0. The molecule has 94 valence electrons. The molecule has 0 N–H and O–H groups in total. The molecule has 2 aromatic carbocycles. The van der Waals surface area contributed by atoms with Crippen molar-refractivity contribution in [3.8, 4) is 0 Å². The molecule has 0 heterocycles. The van der Waals surface area contributed by atoms with Crippen LogP contribution in [0.25, 0.3) is 0 Å². The van der Waals surface area contributed by atoms with Crippen molar-refractivity contribution in [2.45, 2.75) is 27.7 Å². The summed E-state index contributed by atoms with van der Waals surface area (Å²) in [6.07, 6.45) is 0. The fourth-order valence-electron chi connectivity index (χ4n) is 1.72. The average Bonchev–Trinajstić information content (AvgIpc) is 2.36. The van der Waals surface area contributed by atoms with E-state index in [-0.39, 0.29) is 0 Å². The van der Waals surface area contributed by atoms with Crippen molar-refractivity contribution < 1.29 is 0 Å². The molecule has 0 aliphatic carbocycles. The Morgan fingerprint density at radius 3 is 1.39 bits per heavy atom. The number of hydrogen-bond acceptors (Lipinski definition) is 0. The fraction of sp³-hybridized carbons (Fsp3) is 0.250. The van der Waals surface area contributed by atoms with Gasteiger partial charge in [-0.2, -0.15) is 0 Å². The Bertz CT molecular complexity index is 508. The molecule has 0 aliphatic heterocycles. The molecule has 2 rings (SSSR count). The van der Waals surface area contributed by atoms with Gasteiger partial charge in [0, 0.05) is 0 Å². The van der Waals surface area contributed by atoms with Crippen molar-refractivity contribution in [3.05, 3.63) is 58.7 Å². The van der Waals surface area contributed by atoms with Gasteiger partial charge in [0.2, 0.25) is 0 Å². The normalized spacial score (nSPS) is 10.7. The molecule has 0 atom stereocenters. The Kier molecular flexibility index (Phi) is 4.70. The summed E-state index contributed by atoms with van der Waals surface area (Å²) in [7, 11) is 0. The zero-order chi connectivity index (χ0) is 13.1. The van der Waals surface area contributed by atoms with E-state index in [1.807, 2.05) is 0 Å². The summed E-state index contributed by atoms with van der Waals surface area (Å²) in [5.74, 6) is 0. The molecular formula is C16H18Se2. The zero-order valence-corrected chi connectivity index (χ0v) is 14.7. The van der Waals surface area contributed by atoms with E-state index >= 15 is 0 Å². The van der Waals surface area contributed by atoms with Crippen LogP contribution in [0.2, 0.25) is 0 Å². The Morgan fingerprint density at radius 1 is 0.611 bits per heavy atom. The summed E-state index contributed by atoms with van der Waals surface area (Å²) in [5.41, 5.74) is 5.83. The van der Waals surface area contributed by atoms with E-state index in [1.54, 1.807) is 8.92 Å². The van der Waals surface area contributed by atoms with Crippen molar-refractivity contribution in [3.63, 3.8) is 0 Å². The Morgan fingerprint density at radius 2 is 1.00 bits per heavy atom. The van der Waals surface area contributed by atoms with Crippen LogP contribution >= 0.6 is 0 Å². The predicted octanol–water partition coefficient (Wildman–Crippen LogP) is 2.19. The van der Waals surface area contributed by atoms with Gasteiger partial charge in [-0.25, -0.2) is 0 Å². The van der Waals surface area contributed by atoms with Crippen LogP contribution in [0.5, 0.6) is 0 Å². The van der Waals surface area contributed by atoms with E-state index in [0.29, 0.717) is 26.3 Å². The second-order valence-electron chi connectivity index (χ2n) is 4.56. The SMILES string of the molecule is Cc1cccc([Se][Se]c2cccc(C)c2C)c1C. The van der Waals surface area contributed by atoms with Gasteiger partial charge in [-0.3, -0.25) is 0 Å². The molecule has 0 saturated heterocycles. The third-order valence-corrected chi connectivity index (χ3v) is 10.9. The molecule has 0 fully saturated rings. The van der Waals surface area contributed by atoms with Gasteiger partial charge >= 0.3 is 122 Å². The summed E-state index contributed by atoms with van der Waals surface area (Å²) < 4.78 is 3.15. The van der Waals surface area contributed by atoms with E-state index in [1.165, 1.54) is 22.3 Å². The number of aryl methyl sites for hydroxylation is 2. The van der Waals surface area contributed by atoms with Crippen LogP contribution < -0.4 is 8.92 Å². The maximum atomic E-state index is 2.30. The number of hydrogen-bond donors (Lipinski definition) is 0. The maximum absolute atomic E-state index is 2.30. The molecule has 0 spiro atoms. The van der Waals surface area contributed by atoms with Crippen LogP contribution in [0.15, 0.2) is 36.4 Å². The topological polar surface area (TPSA) is 0 Å². The second kappa shape index (κ2) is 6.08. The van der Waals surface area contributed by atoms with Gasteiger partial charge in [0.05, 0.1) is 0 Å². The standard InChI is InChI=1S/C16H18Se2/c1-11-7-5-9-15(13(11)3)17-18-16-10-6-8-12(2)14(16)4/h5-10H,1-4H3. The number of rotatable bonds is 3. The second-order valence-corrected chi connectivity index (χ2v) is 10.7. The minimum atomic E-state index is 0.599. The van der Waals surface area contributed by atoms with Crippen LogP contribution in [-0.2, 0) is 0 Å². The van der Waals surface area contributed by atoms with Gasteiger partial charge in [0.1, 0.15) is 0 Å². The summed E-state index contributed by atoms with van der Waals surface area (Å²) in [6, 6.07) is 13.4. The number of benzene rings is 2. The van der Waals surface area contributed by atoms with E-state index in [2.05, 4.69) is 64.1 Å².